The number of nitrogens with two attached hydrogens (primary N) is 1. The zero-order chi connectivity index (χ0) is 22.6. The molecule has 1 saturated carbocycles. The Kier molecular flexibility index (Phi) is 4.29. The van der Waals surface area contributed by atoms with E-state index in [9.17, 15) is 9.59 Å². The number of para-hydroxylation sites is 1. The van der Waals surface area contributed by atoms with E-state index in [0.29, 0.717) is 12.2 Å². The first-order chi connectivity index (χ1) is 16.0. The van der Waals surface area contributed by atoms with Gasteiger partial charge in [0.2, 0.25) is 0 Å². The molecular formula is C25H23N5O3. The first-order valence-corrected chi connectivity index (χ1v) is 11.0. The minimum atomic E-state index is -0.582. The third kappa shape index (κ3) is 3.34. The molecule has 33 heavy (non-hydrogen) atoms. The number of hydrogen-bond donors (Lipinski definition) is 3. The van der Waals surface area contributed by atoms with Crippen LogP contribution in [0.5, 0.6) is 0 Å². The normalized spacial score (nSPS) is 18.0. The number of pyridine rings is 1. The van der Waals surface area contributed by atoms with Gasteiger partial charge < -0.3 is 20.8 Å². The van der Waals surface area contributed by atoms with Gasteiger partial charge in [-0.25, -0.2) is 4.98 Å². The number of rotatable bonds is 5. The summed E-state index contributed by atoms with van der Waals surface area (Å²) < 4.78 is 5.30. The van der Waals surface area contributed by atoms with Gasteiger partial charge in [-0.3, -0.25) is 14.5 Å². The van der Waals surface area contributed by atoms with E-state index in [4.69, 9.17) is 10.5 Å². The van der Waals surface area contributed by atoms with Crippen LogP contribution in [0, 0.1) is 5.41 Å². The number of benzene rings is 1. The quantitative estimate of drug-likeness (QED) is 0.554. The van der Waals surface area contributed by atoms with Gasteiger partial charge in [-0.2, -0.15) is 0 Å². The van der Waals surface area contributed by atoms with Crippen molar-refractivity contribution in [1.29, 1.82) is 0 Å². The molecule has 1 spiro atoms. The molecule has 166 valence electrons. The average molecular weight is 441 g/mol. The highest BCUT2D eigenvalue weighted by molar-refractivity contribution is 6.08. The van der Waals surface area contributed by atoms with Gasteiger partial charge in [0.1, 0.15) is 17.8 Å². The lowest BCUT2D eigenvalue weighted by molar-refractivity contribution is -0.114. The number of H-pyrrole nitrogens is 1. The topological polar surface area (TPSA) is 113 Å². The second kappa shape index (κ2) is 7.23. The maximum Gasteiger partial charge on any atom is 0.268 e. The van der Waals surface area contributed by atoms with E-state index in [1.165, 1.54) is 6.26 Å². The molecule has 3 heterocycles. The van der Waals surface area contributed by atoms with Crippen LogP contribution in [0.4, 0.5) is 17.2 Å². The summed E-state index contributed by atoms with van der Waals surface area (Å²) >= 11 is 0. The van der Waals surface area contributed by atoms with Gasteiger partial charge in [-0.15, -0.1) is 0 Å². The van der Waals surface area contributed by atoms with Crippen LogP contribution in [0.15, 0.2) is 60.6 Å². The van der Waals surface area contributed by atoms with Crippen LogP contribution in [-0.4, -0.2) is 28.4 Å². The largest absolute Gasteiger partial charge is 0.478 e. The number of aromatic amines is 1. The minimum Gasteiger partial charge on any atom is -0.478 e. The minimum absolute atomic E-state index is 0.133. The van der Waals surface area contributed by atoms with Crippen LogP contribution < -0.4 is 16.0 Å². The van der Waals surface area contributed by atoms with Crippen molar-refractivity contribution in [3.8, 4) is 11.3 Å². The lowest BCUT2D eigenvalue weighted by Gasteiger charge is -2.21. The predicted octanol–water partition coefficient (Wildman–Crippen LogP) is 3.85. The van der Waals surface area contributed by atoms with E-state index in [1.807, 2.05) is 42.5 Å². The van der Waals surface area contributed by atoms with Crippen molar-refractivity contribution in [2.45, 2.75) is 25.7 Å². The van der Waals surface area contributed by atoms with E-state index in [0.717, 1.165) is 53.2 Å². The molecule has 8 nitrogen and oxygen atoms in total. The molecular weight excluding hydrogens is 418 g/mol. The van der Waals surface area contributed by atoms with Gasteiger partial charge in [-0.1, -0.05) is 18.2 Å². The number of hydrogen-bond acceptors (Lipinski definition) is 6. The fourth-order valence-electron chi connectivity index (χ4n) is 4.82. The molecule has 8 heteroatoms. The maximum atomic E-state index is 13.2. The number of fused-ring (bicyclic) bond motifs is 1. The van der Waals surface area contributed by atoms with Gasteiger partial charge in [0.15, 0.2) is 12.5 Å². The average Bonchev–Trinajstić information content (AvgIpc) is 3.22. The lowest BCUT2D eigenvalue weighted by atomic mass is 9.83. The van der Waals surface area contributed by atoms with E-state index in [2.05, 4.69) is 15.3 Å². The number of nitrogens with zero attached hydrogens (tertiary/aromatic N) is 2. The summed E-state index contributed by atoms with van der Waals surface area (Å²) in [5.41, 5.74) is 10.9. The molecule has 0 saturated heterocycles. The second-order valence-electron chi connectivity index (χ2n) is 8.99. The van der Waals surface area contributed by atoms with Gasteiger partial charge in [0.25, 0.3) is 5.91 Å². The molecule has 6 rings (SSSR count). The highest BCUT2D eigenvalue weighted by atomic mass is 16.5. The Morgan fingerprint density at radius 1 is 1.18 bits per heavy atom. The number of nitrogens with one attached hydrogen (secondary N) is 2. The molecule has 4 N–H and O–H groups in total. The Balaban J connectivity index is 1.45. The molecule has 0 radical (unpaired) electrons. The number of Topliss-reactive ketones (excluding diaryl/α,β-unsaturated/α-hetero) is 1. The van der Waals surface area contributed by atoms with Crippen LogP contribution >= 0.6 is 0 Å². The molecule has 1 aromatic carbocycles. The zero-order valence-corrected chi connectivity index (χ0v) is 17.9. The van der Waals surface area contributed by atoms with E-state index < -0.39 is 5.91 Å². The molecule has 2 aromatic heterocycles. The molecule has 1 aliphatic heterocycles. The molecule has 2 aliphatic carbocycles. The van der Waals surface area contributed by atoms with Crippen LogP contribution in [0.25, 0.3) is 11.3 Å². The Hall–Kier alpha value is -4.07. The van der Waals surface area contributed by atoms with E-state index in [1.54, 1.807) is 11.1 Å². The molecule has 0 atom stereocenters. The number of ether oxygens (including phenoxy) is 1. The number of carbonyl (C=O) groups excluding carboxylic acids is 2. The van der Waals surface area contributed by atoms with Crippen molar-refractivity contribution in [3.05, 3.63) is 71.9 Å². The summed E-state index contributed by atoms with van der Waals surface area (Å²) in [5, 5.41) is 3.48. The fraction of sp³-hybridized carbons (Fsp3) is 0.240. The SMILES string of the molecule is NC(=O)C1=COCN1c1cc(-c2[nH]c3c(c2Nc2ccccc2)C(=O)CC2(CC2)C3)ccn1. The number of anilines is 3. The Bertz CT molecular complexity index is 1310. The number of ketones is 1. The van der Waals surface area contributed by atoms with Crippen molar-refractivity contribution < 1.29 is 14.3 Å². The predicted molar refractivity (Wildman–Crippen MR) is 124 cm³/mol. The third-order valence-corrected chi connectivity index (χ3v) is 6.70. The van der Waals surface area contributed by atoms with Crippen molar-refractivity contribution in [2.75, 3.05) is 16.9 Å². The number of aromatic nitrogens is 2. The summed E-state index contributed by atoms with van der Waals surface area (Å²) in [5.74, 6) is 0.135. The molecule has 0 bridgehead atoms. The van der Waals surface area contributed by atoms with Crippen molar-refractivity contribution >= 4 is 28.9 Å². The van der Waals surface area contributed by atoms with E-state index in [-0.39, 0.29) is 23.6 Å². The smallest absolute Gasteiger partial charge is 0.268 e. The van der Waals surface area contributed by atoms with Gasteiger partial charge in [0.05, 0.1) is 16.9 Å². The number of carbonyl (C=O) groups is 2. The van der Waals surface area contributed by atoms with Gasteiger partial charge in [0, 0.05) is 29.6 Å². The van der Waals surface area contributed by atoms with Gasteiger partial charge >= 0.3 is 0 Å². The van der Waals surface area contributed by atoms with Crippen molar-refractivity contribution in [1.82, 2.24) is 9.97 Å². The summed E-state index contributed by atoms with van der Waals surface area (Å²) in [6.45, 7) is 0.159. The second-order valence-corrected chi connectivity index (χ2v) is 8.99. The molecule has 1 fully saturated rings. The van der Waals surface area contributed by atoms with Crippen LogP contribution in [0.1, 0.15) is 35.3 Å². The van der Waals surface area contributed by atoms with Crippen molar-refractivity contribution in [2.24, 2.45) is 11.1 Å². The standard InChI is InChI=1S/C25H23N5O3/c26-24(32)18-13-33-14-30(18)20-10-15(6-9-27-20)22-23(28-16-4-2-1-3-5-16)21-17(29-22)11-25(7-8-25)12-19(21)31/h1-6,9-10,13,28-29H,7-8,11-12,14H2,(H2,26,32). The van der Waals surface area contributed by atoms with Gasteiger partial charge in [-0.05, 0) is 48.9 Å². The van der Waals surface area contributed by atoms with Crippen LogP contribution in [-0.2, 0) is 16.0 Å². The van der Waals surface area contributed by atoms with Crippen LogP contribution in [0.2, 0.25) is 0 Å². The summed E-state index contributed by atoms with van der Waals surface area (Å²) in [4.78, 5) is 34.6. The Labute approximate surface area is 190 Å². The van der Waals surface area contributed by atoms with Crippen molar-refractivity contribution in [3.63, 3.8) is 0 Å². The fourth-order valence-corrected chi connectivity index (χ4v) is 4.82. The number of primary amides is 1. The number of amides is 1. The summed E-state index contributed by atoms with van der Waals surface area (Å²) in [6.07, 6.45) is 6.71. The first-order valence-electron chi connectivity index (χ1n) is 11.0. The maximum absolute atomic E-state index is 13.2. The molecule has 1 amide bonds. The lowest BCUT2D eigenvalue weighted by Crippen LogP contribution is -2.29. The summed E-state index contributed by atoms with van der Waals surface area (Å²) in [7, 11) is 0. The summed E-state index contributed by atoms with van der Waals surface area (Å²) in [6, 6.07) is 13.6. The zero-order valence-electron chi connectivity index (χ0n) is 17.9. The molecule has 0 unspecified atom stereocenters. The first kappa shape index (κ1) is 19.6. The highest BCUT2D eigenvalue weighted by Crippen LogP contribution is 2.56. The molecule has 3 aliphatic rings. The monoisotopic (exact) mass is 441 g/mol. The molecule has 3 aromatic rings. The highest BCUT2D eigenvalue weighted by Gasteiger charge is 2.49. The van der Waals surface area contributed by atoms with Crippen LogP contribution in [0.3, 0.4) is 0 Å². The Morgan fingerprint density at radius 2 is 2.00 bits per heavy atom. The van der Waals surface area contributed by atoms with E-state index >= 15 is 0 Å². The third-order valence-electron chi connectivity index (χ3n) is 6.70. The Morgan fingerprint density at radius 3 is 2.76 bits per heavy atom.